The van der Waals surface area contributed by atoms with Crippen molar-refractivity contribution in [1.29, 1.82) is 5.26 Å². The van der Waals surface area contributed by atoms with Gasteiger partial charge in [0.15, 0.2) is 0 Å². The van der Waals surface area contributed by atoms with Gasteiger partial charge >= 0.3 is 11.9 Å². The van der Waals surface area contributed by atoms with Gasteiger partial charge in [0, 0.05) is 12.2 Å². The third-order valence-corrected chi connectivity index (χ3v) is 1.27. The molecule has 0 unspecified atom stereocenters. The number of carboxylic acid groups (broad SMARTS) is 2. The second-order valence-electron chi connectivity index (χ2n) is 2.49. The van der Waals surface area contributed by atoms with Crippen LogP contribution in [0.15, 0.2) is 42.5 Å². The Bertz CT molecular complexity index is 401. The summed E-state index contributed by atoms with van der Waals surface area (Å²) < 4.78 is 0. The number of carboxylic acids is 2. The van der Waals surface area contributed by atoms with Crippen molar-refractivity contribution in [1.82, 2.24) is 0 Å². The summed E-state index contributed by atoms with van der Waals surface area (Å²) >= 11 is 0. The Morgan fingerprint density at radius 3 is 1.75 bits per heavy atom. The third kappa shape index (κ3) is 8.01. The highest BCUT2D eigenvalue weighted by Crippen LogP contribution is 1.93. The van der Waals surface area contributed by atoms with Crippen molar-refractivity contribution in [3.8, 4) is 6.07 Å². The summed E-state index contributed by atoms with van der Waals surface area (Å²) in [7, 11) is 0. The second-order valence-corrected chi connectivity index (χ2v) is 2.49. The molecule has 0 radical (unpaired) electrons. The van der Waals surface area contributed by atoms with Crippen LogP contribution in [-0.4, -0.2) is 22.2 Å². The maximum absolute atomic E-state index is 9.55. The number of nitrogens with zero attached hydrogens (tertiary/aromatic N) is 1. The van der Waals surface area contributed by atoms with E-state index in [1.165, 1.54) is 0 Å². The molecule has 1 rings (SSSR count). The smallest absolute Gasteiger partial charge is 0.328 e. The molecule has 0 heterocycles. The first-order chi connectivity index (χ1) is 7.56. The van der Waals surface area contributed by atoms with Crippen LogP contribution in [0.3, 0.4) is 0 Å². The molecule has 1 aromatic rings. The Kier molecular flexibility index (Phi) is 6.50. The van der Waals surface area contributed by atoms with Crippen LogP contribution in [0.2, 0.25) is 0 Å². The van der Waals surface area contributed by atoms with Crippen molar-refractivity contribution in [2.75, 3.05) is 0 Å². The number of rotatable bonds is 2. The van der Waals surface area contributed by atoms with Gasteiger partial charge in [-0.1, -0.05) is 18.2 Å². The van der Waals surface area contributed by atoms with Crippen LogP contribution in [0.25, 0.3) is 0 Å². The highest BCUT2D eigenvalue weighted by atomic mass is 16.4. The van der Waals surface area contributed by atoms with Gasteiger partial charge < -0.3 is 10.2 Å². The standard InChI is InChI=1S/C7H5N.C4H4O4/c8-6-7-4-2-1-3-5-7;5-3(6)1-2-4(7)8/h1-5H;1-2H,(H,5,6)(H,7,8). The lowest BCUT2D eigenvalue weighted by Gasteiger charge is -1.80. The minimum Gasteiger partial charge on any atom is -0.478 e. The summed E-state index contributed by atoms with van der Waals surface area (Å²) in [5, 5.41) is 23.9. The number of hydrogen-bond donors (Lipinski definition) is 2. The molecule has 0 aromatic heterocycles. The first-order valence-electron chi connectivity index (χ1n) is 4.15. The number of carbonyl (C=O) groups is 2. The molecule has 2 N–H and O–H groups in total. The molecule has 1 aromatic carbocycles. The fourth-order valence-electron chi connectivity index (χ4n) is 0.655. The van der Waals surface area contributed by atoms with Crippen LogP contribution in [0.5, 0.6) is 0 Å². The highest BCUT2D eigenvalue weighted by Gasteiger charge is 1.88. The summed E-state index contributed by atoms with van der Waals surface area (Å²) in [5.74, 6) is -2.51. The monoisotopic (exact) mass is 219 g/mol. The van der Waals surface area contributed by atoms with Crippen molar-refractivity contribution in [2.24, 2.45) is 0 Å². The van der Waals surface area contributed by atoms with E-state index in [2.05, 4.69) is 0 Å². The van der Waals surface area contributed by atoms with E-state index in [-0.39, 0.29) is 0 Å². The lowest BCUT2D eigenvalue weighted by Crippen LogP contribution is -1.91. The van der Waals surface area contributed by atoms with Gasteiger partial charge in [0.1, 0.15) is 0 Å². The quantitative estimate of drug-likeness (QED) is 0.730. The van der Waals surface area contributed by atoms with Crippen molar-refractivity contribution >= 4 is 11.9 Å². The Morgan fingerprint density at radius 1 is 1.06 bits per heavy atom. The Balaban J connectivity index is 0.000000281. The predicted octanol–water partition coefficient (Wildman–Crippen LogP) is 1.27. The van der Waals surface area contributed by atoms with E-state index in [0.29, 0.717) is 17.7 Å². The van der Waals surface area contributed by atoms with Gasteiger partial charge in [0.25, 0.3) is 0 Å². The molecule has 0 saturated carbocycles. The molecule has 0 spiro atoms. The number of nitriles is 1. The zero-order valence-electron chi connectivity index (χ0n) is 8.20. The van der Waals surface area contributed by atoms with E-state index in [0.717, 1.165) is 0 Å². The van der Waals surface area contributed by atoms with Gasteiger partial charge in [-0.25, -0.2) is 9.59 Å². The SMILES string of the molecule is N#Cc1ccccc1.O=C(O)C=CC(=O)O. The molecule has 16 heavy (non-hydrogen) atoms. The minimum atomic E-state index is -1.26. The number of benzene rings is 1. The Labute approximate surface area is 91.9 Å². The van der Waals surface area contributed by atoms with Gasteiger partial charge in [0.05, 0.1) is 11.6 Å². The Morgan fingerprint density at radius 2 is 1.50 bits per heavy atom. The molecule has 0 amide bonds. The molecule has 0 saturated heterocycles. The largest absolute Gasteiger partial charge is 0.478 e. The van der Waals surface area contributed by atoms with Gasteiger partial charge in [0.2, 0.25) is 0 Å². The second kappa shape index (κ2) is 7.76. The van der Waals surface area contributed by atoms with E-state index in [9.17, 15) is 9.59 Å². The topological polar surface area (TPSA) is 98.4 Å². The summed E-state index contributed by atoms with van der Waals surface area (Å²) in [5.41, 5.74) is 0.715. The Hall–Kier alpha value is -2.61. The van der Waals surface area contributed by atoms with Crippen LogP contribution in [0.4, 0.5) is 0 Å². The van der Waals surface area contributed by atoms with Crippen molar-refractivity contribution in [2.45, 2.75) is 0 Å². The van der Waals surface area contributed by atoms with Gasteiger partial charge in [-0.2, -0.15) is 5.26 Å². The average molecular weight is 219 g/mol. The summed E-state index contributed by atoms with van der Waals surface area (Å²) in [6.45, 7) is 0. The fraction of sp³-hybridized carbons (Fsp3) is 0. The molecule has 0 aliphatic carbocycles. The molecule has 0 aliphatic rings. The molecule has 0 bridgehead atoms. The van der Waals surface area contributed by atoms with E-state index in [4.69, 9.17) is 15.5 Å². The zero-order chi connectivity index (χ0) is 12.4. The van der Waals surface area contributed by atoms with Crippen molar-refractivity contribution in [3.05, 3.63) is 48.0 Å². The first-order valence-corrected chi connectivity index (χ1v) is 4.15. The van der Waals surface area contributed by atoms with Gasteiger partial charge in [-0.05, 0) is 12.1 Å². The molecule has 82 valence electrons. The fourth-order valence-corrected chi connectivity index (χ4v) is 0.655. The van der Waals surface area contributed by atoms with Gasteiger partial charge in [-0.15, -0.1) is 0 Å². The first kappa shape index (κ1) is 13.4. The normalized spacial score (nSPS) is 8.69. The number of hydrogen-bond acceptors (Lipinski definition) is 3. The maximum Gasteiger partial charge on any atom is 0.328 e. The van der Waals surface area contributed by atoms with E-state index in [1.54, 1.807) is 12.1 Å². The van der Waals surface area contributed by atoms with Crippen LogP contribution < -0.4 is 0 Å². The molecular weight excluding hydrogens is 210 g/mol. The molecule has 0 atom stereocenters. The average Bonchev–Trinajstić information content (AvgIpc) is 2.28. The lowest BCUT2D eigenvalue weighted by molar-refractivity contribution is -0.134. The summed E-state index contributed by atoms with van der Waals surface area (Å²) in [6.07, 6.45) is 1.12. The number of aliphatic carboxylic acids is 2. The molecule has 0 aliphatic heterocycles. The molecule has 0 fully saturated rings. The van der Waals surface area contributed by atoms with Gasteiger partial charge in [-0.3, -0.25) is 0 Å². The van der Waals surface area contributed by atoms with Crippen molar-refractivity contribution in [3.63, 3.8) is 0 Å². The van der Waals surface area contributed by atoms with Crippen LogP contribution in [0.1, 0.15) is 5.56 Å². The minimum absolute atomic E-state index is 0.558. The zero-order valence-corrected chi connectivity index (χ0v) is 8.20. The molecular formula is C11H9NO4. The lowest BCUT2D eigenvalue weighted by atomic mass is 10.2. The molecule has 5 heteroatoms. The highest BCUT2D eigenvalue weighted by molar-refractivity contribution is 5.89. The summed E-state index contributed by atoms with van der Waals surface area (Å²) in [4.78, 5) is 19.1. The van der Waals surface area contributed by atoms with Crippen LogP contribution in [0, 0.1) is 11.3 Å². The van der Waals surface area contributed by atoms with E-state index < -0.39 is 11.9 Å². The maximum atomic E-state index is 9.55. The predicted molar refractivity (Wildman–Crippen MR) is 55.6 cm³/mol. The van der Waals surface area contributed by atoms with E-state index in [1.807, 2.05) is 24.3 Å². The van der Waals surface area contributed by atoms with Crippen molar-refractivity contribution < 1.29 is 19.8 Å². The van der Waals surface area contributed by atoms with Crippen LogP contribution in [-0.2, 0) is 9.59 Å². The van der Waals surface area contributed by atoms with E-state index >= 15 is 0 Å². The third-order valence-electron chi connectivity index (χ3n) is 1.27. The molecule has 5 nitrogen and oxygen atoms in total. The van der Waals surface area contributed by atoms with Crippen LogP contribution >= 0.6 is 0 Å². The summed E-state index contributed by atoms with van der Waals surface area (Å²) in [6, 6.07) is 11.2.